The first-order chi connectivity index (χ1) is 16.2. The van der Waals surface area contributed by atoms with E-state index in [-0.39, 0.29) is 37.2 Å². The van der Waals surface area contributed by atoms with Gasteiger partial charge in [0.2, 0.25) is 23.6 Å². The van der Waals surface area contributed by atoms with Crippen LogP contribution >= 0.6 is 0 Å². The highest BCUT2D eigenvalue weighted by Crippen LogP contribution is 2.27. The minimum atomic E-state index is -1.17. The highest BCUT2D eigenvalue weighted by atomic mass is 16.5. The van der Waals surface area contributed by atoms with E-state index >= 15 is 0 Å². The lowest BCUT2D eigenvalue weighted by Gasteiger charge is -2.24. The molecule has 0 aromatic heterocycles. The summed E-state index contributed by atoms with van der Waals surface area (Å²) in [4.78, 5) is 62.6. The number of hydrogen-bond donors (Lipinski definition) is 5. The fraction of sp³-hybridized carbons (Fsp3) is 0.522. The van der Waals surface area contributed by atoms with Gasteiger partial charge in [-0.15, -0.1) is 0 Å². The second-order valence-electron chi connectivity index (χ2n) is 8.76. The van der Waals surface area contributed by atoms with Gasteiger partial charge in [-0.25, -0.2) is 0 Å². The quantitative estimate of drug-likeness (QED) is 0.368. The molecular weight excluding hydrogens is 442 g/mol. The SMILES string of the molecule is C[C@@H]1COc2ccccc2C(=O)N[C@H](C(=O)NCC2CC2)CC(=O)N[C@@H](CCC(N)=O)C(=O)N1. The fourth-order valence-corrected chi connectivity index (χ4v) is 3.51. The Morgan fingerprint density at radius 3 is 2.56 bits per heavy atom. The number of nitrogens with one attached hydrogen (secondary N) is 4. The molecule has 0 spiro atoms. The third kappa shape index (κ3) is 7.46. The lowest BCUT2D eigenvalue weighted by molar-refractivity contribution is -0.131. The van der Waals surface area contributed by atoms with E-state index in [1.165, 1.54) is 0 Å². The van der Waals surface area contributed by atoms with E-state index < -0.39 is 47.7 Å². The van der Waals surface area contributed by atoms with Gasteiger partial charge in [0.05, 0.1) is 18.0 Å². The van der Waals surface area contributed by atoms with Crippen molar-refractivity contribution in [3.8, 4) is 5.75 Å². The molecule has 11 nitrogen and oxygen atoms in total. The van der Waals surface area contributed by atoms with Crippen molar-refractivity contribution in [3.63, 3.8) is 0 Å². The molecule has 34 heavy (non-hydrogen) atoms. The standard InChI is InChI=1S/C23H31N5O6/c1-13-12-34-18-5-3-2-4-15(18)21(31)28-17(22(32)25-11-14-6-7-14)10-20(30)27-16(23(33)26-13)8-9-19(24)29/h2-5,13-14,16-17H,6-12H2,1H3,(H2,24,29)(H,25,32)(H,26,33)(H,27,30)(H,28,31)/t13-,16+,17+/m1/s1. The number of benzene rings is 1. The summed E-state index contributed by atoms with van der Waals surface area (Å²) in [5.74, 6) is -2.10. The van der Waals surface area contributed by atoms with E-state index in [4.69, 9.17) is 10.5 Å². The first-order valence-electron chi connectivity index (χ1n) is 11.4. The van der Waals surface area contributed by atoms with Crippen molar-refractivity contribution in [2.45, 2.75) is 57.2 Å². The number of ether oxygens (including phenoxy) is 1. The average molecular weight is 474 g/mol. The molecule has 5 amide bonds. The molecule has 3 rings (SSSR count). The second kappa shape index (κ2) is 11.5. The summed E-state index contributed by atoms with van der Waals surface area (Å²) in [5, 5.41) is 10.7. The van der Waals surface area contributed by atoms with Crippen LogP contribution in [0.25, 0.3) is 0 Å². The predicted molar refractivity (Wildman–Crippen MR) is 122 cm³/mol. The van der Waals surface area contributed by atoms with Crippen LogP contribution in [-0.4, -0.2) is 60.8 Å². The van der Waals surface area contributed by atoms with Gasteiger partial charge in [-0.2, -0.15) is 0 Å². The van der Waals surface area contributed by atoms with Gasteiger partial charge in [0, 0.05) is 13.0 Å². The van der Waals surface area contributed by atoms with E-state index in [0.29, 0.717) is 12.5 Å². The van der Waals surface area contributed by atoms with Crippen molar-refractivity contribution in [2.75, 3.05) is 13.2 Å². The second-order valence-corrected chi connectivity index (χ2v) is 8.76. The number of para-hydroxylation sites is 1. The predicted octanol–water partition coefficient (Wildman–Crippen LogP) is -0.651. The van der Waals surface area contributed by atoms with Gasteiger partial charge in [0.15, 0.2) is 0 Å². The molecule has 184 valence electrons. The van der Waals surface area contributed by atoms with Gasteiger partial charge in [0.1, 0.15) is 24.4 Å². The minimum Gasteiger partial charge on any atom is -0.491 e. The molecule has 6 N–H and O–H groups in total. The molecule has 1 aromatic carbocycles. The summed E-state index contributed by atoms with van der Waals surface area (Å²) in [6.07, 6.45) is 1.54. The zero-order chi connectivity index (χ0) is 24.7. The van der Waals surface area contributed by atoms with Crippen LogP contribution in [0.1, 0.15) is 49.4 Å². The van der Waals surface area contributed by atoms with Gasteiger partial charge in [-0.05, 0) is 44.2 Å². The third-order valence-electron chi connectivity index (χ3n) is 5.61. The number of rotatable bonds is 6. The van der Waals surface area contributed by atoms with Crippen molar-refractivity contribution in [2.24, 2.45) is 11.7 Å². The minimum absolute atomic E-state index is 0.00573. The Labute approximate surface area is 197 Å². The molecule has 11 heteroatoms. The van der Waals surface area contributed by atoms with E-state index in [1.807, 2.05) is 0 Å². The van der Waals surface area contributed by atoms with Crippen LogP contribution in [0.5, 0.6) is 5.75 Å². The zero-order valence-corrected chi connectivity index (χ0v) is 19.1. The highest BCUT2D eigenvalue weighted by molar-refractivity contribution is 6.01. The lowest BCUT2D eigenvalue weighted by Crippen LogP contribution is -2.53. The molecule has 1 heterocycles. The average Bonchev–Trinajstić information content (AvgIpc) is 3.62. The zero-order valence-electron chi connectivity index (χ0n) is 19.1. The molecular formula is C23H31N5O6. The molecule has 1 aliphatic heterocycles. The maximum Gasteiger partial charge on any atom is 0.255 e. The van der Waals surface area contributed by atoms with Gasteiger partial charge in [-0.1, -0.05) is 12.1 Å². The van der Waals surface area contributed by atoms with E-state index in [2.05, 4.69) is 21.3 Å². The van der Waals surface area contributed by atoms with E-state index in [0.717, 1.165) is 12.8 Å². The fourth-order valence-electron chi connectivity index (χ4n) is 3.51. The summed E-state index contributed by atoms with van der Waals surface area (Å²) in [5.41, 5.74) is 5.41. The summed E-state index contributed by atoms with van der Waals surface area (Å²) in [6.45, 7) is 2.23. The monoisotopic (exact) mass is 473 g/mol. The van der Waals surface area contributed by atoms with Gasteiger partial charge in [-0.3, -0.25) is 24.0 Å². The van der Waals surface area contributed by atoms with Gasteiger partial charge < -0.3 is 31.7 Å². The Balaban J connectivity index is 1.84. The normalized spacial score (nSPS) is 23.8. The van der Waals surface area contributed by atoms with Crippen molar-refractivity contribution >= 4 is 29.5 Å². The van der Waals surface area contributed by atoms with Crippen LogP contribution in [0.4, 0.5) is 0 Å². The molecule has 1 fully saturated rings. The maximum atomic E-state index is 13.0. The summed E-state index contributed by atoms with van der Waals surface area (Å²) < 4.78 is 5.76. The Kier molecular flexibility index (Phi) is 8.44. The molecule has 2 aliphatic rings. The number of amides is 5. The van der Waals surface area contributed by atoms with Crippen LogP contribution in [0, 0.1) is 5.92 Å². The van der Waals surface area contributed by atoms with Crippen molar-refractivity contribution in [1.29, 1.82) is 0 Å². The van der Waals surface area contributed by atoms with Crippen LogP contribution in [0.2, 0.25) is 0 Å². The van der Waals surface area contributed by atoms with Crippen molar-refractivity contribution in [1.82, 2.24) is 21.3 Å². The smallest absolute Gasteiger partial charge is 0.255 e. The Bertz CT molecular complexity index is 948. The molecule has 1 aliphatic carbocycles. The first-order valence-corrected chi connectivity index (χ1v) is 11.4. The Hall–Kier alpha value is -3.63. The topological polar surface area (TPSA) is 169 Å². The first kappa shape index (κ1) is 25.0. The molecule has 1 saturated carbocycles. The maximum absolute atomic E-state index is 13.0. The molecule has 3 atom stereocenters. The summed E-state index contributed by atoms with van der Waals surface area (Å²) in [6, 6.07) is 3.86. The van der Waals surface area contributed by atoms with Crippen LogP contribution in [0.15, 0.2) is 24.3 Å². The number of hydrogen-bond acceptors (Lipinski definition) is 6. The van der Waals surface area contributed by atoms with Gasteiger partial charge in [0.25, 0.3) is 5.91 Å². The Morgan fingerprint density at radius 2 is 1.85 bits per heavy atom. The van der Waals surface area contributed by atoms with E-state index in [1.54, 1.807) is 31.2 Å². The third-order valence-corrected chi connectivity index (χ3v) is 5.61. The van der Waals surface area contributed by atoms with Crippen LogP contribution < -0.4 is 31.7 Å². The Morgan fingerprint density at radius 1 is 1.12 bits per heavy atom. The number of carbonyl (C=O) groups excluding carboxylic acids is 5. The molecule has 0 unspecified atom stereocenters. The van der Waals surface area contributed by atoms with Crippen LogP contribution in [-0.2, 0) is 19.2 Å². The molecule has 0 saturated heterocycles. The summed E-state index contributed by atoms with van der Waals surface area (Å²) >= 11 is 0. The van der Waals surface area contributed by atoms with E-state index in [9.17, 15) is 24.0 Å². The molecule has 0 bridgehead atoms. The van der Waals surface area contributed by atoms with Crippen LogP contribution in [0.3, 0.4) is 0 Å². The number of fused-ring (bicyclic) bond motifs is 1. The van der Waals surface area contributed by atoms with Gasteiger partial charge >= 0.3 is 0 Å². The number of nitrogens with two attached hydrogens (primary N) is 1. The largest absolute Gasteiger partial charge is 0.491 e. The van der Waals surface area contributed by atoms with Crippen molar-refractivity contribution in [3.05, 3.63) is 29.8 Å². The van der Waals surface area contributed by atoms with Crippen molar-refractivity contribution < 1.29 is 28.7 Å². The lowest BCUT2D eigenvalue weighted by atomic mass is 10.1. The molecule has 1 aromatic rings. The number of carbonyl (C=O) groups is 5. The highest BCUT2D eigenvalue weighted by Gasteiger charge is 2.30. The summed E-state index contributed by atoms with van der Waals surface area (Å²) in [7, 11) is 0. The number of primary amides is 1. The molecule has 0 radical (unpaired) electrons.